The van der Waals surface area contributed by atoms with Crippen molar-refractivity contribution in [1.82, 2.24) is 10.3 Å². The van der Waals surface area contributed by atoms with E-state index in [9.17, 15) is 9.90 Å². The molecule has 2 unspecified atom stereocenters. The van der Waals surface area contributed by atoms with Crippen molar-refractivity contribution in [1.29, 1.82) is 0 Å². The van der Waals surface area contributed by atoms with Gasteiger partial charge in [0, 0.05) is 18.3 Å². The molecule has 0 aliphatic heterocycles. The van der Waals surface area contributed by atoms with Gasteiger partial charge >= 0.3 is 0 Å². The topological polar surface area (TPSA) is 62.2 Å². The van der Waals surface area contributed by atoms with Crippen LogP contribution >= 0.6 is 0 Å². The minimum Gasteiger partial charge on any atom is -0.390 e. The molecule has 0 spiro atoms. The Hall–Kier alpha value is -2.20. The molecule has 1 amide bonds. The Morgan fingerprint density at radius 1 is 1.30 bits per heavy atom. The normalized spacial score (nSPS) is 20.5. The van der Waals surface area contributed by atoms with Gasteiger partial charge in [-0.05, 0) is 30.2 Å². The van der Waals surface area contributed by atoms with E-state index in [1.54, 1.807) is 18.3 Å². The molecule has 1 aliphatic rings. The number of carbonyl (C=O) groups excluding carboxylic acids is 1. The average molecular weight is 268 g/mol. The molecule has 3 rings (SSSR count). The molecule has 2 aromatic rings. The van der Waals surface area contributed by atoms with Gasteiger partial charge in [-0.1, -0.05) is 24.3 Å². The lowest BCUT2D eigenvalue weighted by Crippen LogP contribution is -2.33. The standard InChI is InChI=1S/C16H16N2O2/c1-10-6-7-12(9-17-10)16(20)18-15-13-5-3-2-4-11(13)8-14(15)19/h2-7,9,14-15,19H,8H2,1H3,(H,18,20). The number of hydrogen-bond acceptors (Lipinski definition) is 3. The van der Waals surface area contributed by atoms with Crippen LogP contribution in [0, 0.1) is 6.92 Å². The van der Waals surface area contributed by atoms with Crippen molar-refractivity contribution in [3.63, 3.8) is 0 Å². The van der Waals surface area contributed by atoms with E-state index in [0.717, 1.165) is 16.8 Å². The summed E-state index contributed by atoms with van der Waals surface area (Å²) in [7, 11) is 0. The summed E-state index contributed by atoms with van der Waals surface area (Å²) in [5.41, 5.74) is 3.46. The molecule has 102 valence electrons. The highest BCUT2D eigenvalue weighted by Crippen LogP contribution is 2.31. The number of hydrogen-bond donors (Lipinski definition) is 2. The predicted molar refractivity (Wildman–Crippen MR) is 75.3 cm³/mol. The number of benzene rings is 1. The van der Waals surface area contributed by atoms with Crippen LogP contribution in [0.3, 0.4) is 0 Å². The molecule has 1 aromatic heterocycles. The number of aliphatic hydroxyl groups excluding tert-OH is 1. The van der Waals surface area contributed by atoms with E-state index >= 15 is 0 Å². The summed E-state index contributed by atoms with van der Waals surface area (Å²) in [5, 5.41) is 13.0. The average Bonchev–Trinajstić information content (AvgIpc) is 2.76. The highest BCUT2D eigenvalue weighted by molar-refractivity contribution is 5.94. The maximum absolute atomic E-state index is 12.2. The van der Waals surface area contributed by atoms with Gasteiger partial charge < -0.3 is 10.4 Å². The van der Waals surface area contributed by atoms with Crippen LogP contribution in [-0.4, -0.2) is 22.1 Å². The first-order chi connectivity index (χ1) is 9.65. The molecule has 1 heterocycles. The lowest BCUT2D eigenvalue weighted by molar-refractivity contribution is 0.0858. The second kappa shape index (κ2) is 5.06. The Morgan fingerprint density at radius 3 is 2.85 bits per heavy atom. The van der Waals surface area contributed by atoms with Crippen LogP contribution in [0.2, 0.25) is 0 Å². The molecule has 0 saturated heterocycles. The van der Waals surface area contributed by atoms with E-state index in [4.69, 9.17) is 0 Å². The number of aliphatic hydroxyl groups is 1. The lowest BCUT2D eigenvalue weighted by atomic mass is 10.1. The first kappa shape index (κ1) is 12.8. The summed E-state index contributed by atoms with van der Waals surface area (Å²) in [6.07, 6.45) is 1.56. The number of amides is 1. The highest BCUT2D eigenvalue weighted by Gasteiger charge is 2.31. The van der Waals surface area contributed by atoms with Crippen LogP contribution in [0.1, 0.15) is 33.2 Å². The first-order valence-corrected chi connectivity index (χ1v) is 6.64. The smallest absolute Gasteiger partial charge is 0.253 e. The Balaban J connectivity index is 1.81. The van der Waals surface area contributed by atoms with Gasteiger partial charge in [0.1, 0.15) is 0 Å². The summed E-state index contributed by atoms with van der Waals surface area (Å²) in [6, 6.07) is 11.0. The summed E-state index contributed by atoms with van der Waals surface area (Å²) >= 11 is 0. The third-order valence-corrected chi connectivity index (χ3v) is 3.66. The number of fused-ring (bicyclic) bond motifs is 1. The van der Waals surface area contributed by atoms with E-state index in [1.165, 1.54) is 0 Å². The monoisotopic (exact) mass is 268 g/mol. The number of pyridine rings is 1. The molecule has 0 fully saturated rings. The van der Waals surface area contributed by atoms with E-state index < -0.39 is 6.10 Å². The number of aryl methyl sites for hydroxylation is 1. The maximum Gasteiger partial charge on any atom is 0.253 e. The van der Waals surface area contributed by atoms with Gasteiger partial charge in [0.05, 0.1) is 17.7 Å². The number of aromatic nitrogens is 1. The van der Waals surface area contributed by atoms with Crippen LogP contribution in [-0.2, 0) is 6.42 Å². The predicted octanol–water partition coefficient (Wildman–Crippen LogP) is 1.78. The third kappa shape index (κ3) is 2.30. The Morgan fingerprint density at radius 2 is 2.10 bits per heavy atom. The molecule has 2 N–H and O–H groups in total. The molecule has 20 heavy (non-hydrogen) atoms. The van der Waals surface area contributed by atoms with E-state index in [1.807, 2.05) is 31.2 Å². The molecule has 0 bridgehead atoms. The maximum atomic E-state index is 12.2. The number of nitrogens with one attached hydrogen (secondary N) is 1. The molecule has 4 heteroatoms. The zero-order valence-corrected chi connectivity index (χ0v) is 11.2. The van der Waals surface area contributed by atoms with Crippen LogP contribution in [0.5, 0.6) is 0 Å². The minimum atomic E-state index is -0.574. The van der Waals surface area contributed by atoms with Gasteiger partial charge in [-0.3, -0.25) is 9.78 Å². The van der Waals surface area contributed by atoms with E-state index in [-0.39, 0.29) is 11.9 Å². The van der Waals surface area contributed by atoms with Crippen molar-refractivity contribution in [3.8, 4) is 0 Å². The van der Waals surface area contributed by atoms with Crippen LogP contribution in [0.15, 0.2) is 42.6 Å². The van der Waals surface area contributed by atoms with E-state index in [0.29, 0.717) is 12.0 Å². The fourth-order valence-electron chi connectivity index (χ4n) is 2.57. The quantitative estimate of drug-likeness (QED) is 0.872. The summed E-state index contributed by atoms with van der Waals surface area (Å²) in [5.74, 6) is -0.210. The Bertz CT molecular complexity index is 637. The zero-order valence-electron chi connectivity index (χ0n) is 11.2. The summed E-state index contributed by atoms with van der Waals surface area (Å²) in [4.78, 5) is 16.3. The van der Waals surface area contributed by atoms with Gasteiger partial charge in [0.25, 0.3) is 5.91 Å². The van der Waals surface area contributed by atoms with Crippen LogP contribution in [0.25, 0.3) is 0 Å². The molecule has 2 atom stereocenters. The molecular weight excluding hydrogens is 252 g/mol. The Labute approximate surface area is 117 Å². The molecule has 1 aromatic carbocycles. The van der Waals surface area contributed by atoms with Crippen molar-refractivity contribution >= 4 is 5.91 Å². The molecule has 4 nitrogen and oxygen atoms in total. The largest absolute Gasteiger partial charge is 0.390 e. The van der Waals surface area contributed by atoms with Gasteiger partial charge in [-0.25, -0.2) is 0 Å². The van der Waals surface area contributed by atoms with Gasteiger partial charge in [-0.2, -0.15) is 0 Å². The fourth-order valence-corrected chi connectivity index (χ4v) is 2.57. The number of rotatable bonds is 2. The van der Waals surface area contributed by atoms with Crippen molar-refractivity contribution < 1.29 is 9.90 Å². The number of nitrogens with zero attached hydrogens (tertiary/aromatic N) is 1. The van der Waals surface area contributed by atoms with Crippen molar-refractivity contribution in [3.05, 3.63) is 65.0 Å². The van der Waals surface area contributed by atoms with Gasteiger partial charge in [0.15, 0.2) is 0 Å². The highest BCUT2D eigenvalue weighted by atomic mass is 16.3. The van der Waals surface area contributed by atoms with Crippen LogP contribution in [0.4, 0.5) is 0 Å². The van der Waals surface area contributed by atoms with E-state index in [2.05, 4.69) is 10.3 Å². The minimum absolute atomic E-state index is 0.210. The summed E-state index contributed by atoms with van der Waals surface area (Å²) < 4.78 is 0. The third-order valence-electron chi connectivity index (χ3n) is 3.66. The Kier molecular flexibility index (Phi) is 3.24. The lowest BCUT2D eigenvalue weighted by Gasteiger charge is -2.17. The van der Waals surface area contributed by atoms with Crippen molar-refractivity contribution in [2.75, 3.05) is 0 Å². The fraction of sp³-hybridized carbons (Fsp3) is 0.250. The zero-order chi connectivity index (χ0) is 14.1. The second-order valence-corrected chi connectivity index (χ2v) is 5.11. The molecule has 1 aliphatic carbocycles. The molecule has 0 saturated carbocycles. The number of carbonyl (C=O) groups is 1. The molecule has 0 radical (unpaired) electrons. The van der Waals surface area contributed by atoms with Gasteiger partial charge in [-0.15, -0.1) is 0 Å². The first-order valence-electron chi connectivity index (χ1n) is 6.64. The molecular formula is C16H16N2O2. The van der Waals surface area contributed by atoms with Gasteiger partial charge in [0.2, 0.25) is 0 Å². The SMILES string of the molecule is Cc1ccc(C(=O)NC2c3ccccc3CC2O)cn1. The summed E-state index contributed by atoms with van der Waals surface area (Å²) in [6.45, 7) is 1.87. The van der Waals surface area contributed by atoms with Crippen molar-refractivity contribution in [2.24, 2.45) is 0 Å². The van der Waals surface area contributed by atoms with Crippen LogP contribution < -0.4 is 5.32 Å². The second-order valence-electron chi connectivity index (χ2n) is 5.11. The van der Waals surface area contributed by atoms with Crippen molar-refractivity contribution in [2.45, 2.75) is 25.5 Å².